The second-order valence-corrected chi connectivity index (χ2v) is 4.42. The van der Waals surface area contributed by atoms with Crippen molar-refractivity contribution in [3.05, 3.63) is 40.6 Å². The topological polar surface area (TPSA) is 107 Å². The summed E-state index contributed by atoms with van der Waals surface area (Å²) >= 11 is 3.23. The van der Waals surface area contributed by atoms with Gasteiger partial charge in [0.1, 0.15) is 0 Å². The van der Waals surface area contributed by atoms with E-state index in [9.17, 15) is 9.59 Å². The molecule has 1 aromatic heterocycles. The van der Waals surface area contributed by atoms with Crippen LogP contribution in [0.25, 0.3) is 0 Å². The maximum Gasteiger partial charge on any atom is 0.335 e. The molecule has 0 fully saturated rings. The SMILES string of the molecule is O=C(Nc1cn[nH]c1)Nc1cc(C(=O)O)ccc1Br. The molecule has 1 aromatic carbocycles. The van der Waals surface area contributed by atoms with Crippen LogP contribution >= 0.6 is 15.9 Å². The van der Waals surface area contributed by atoms with Crippen LogP contribution in [-0.2, 0) is 0 Å². The maximum absolute atomic E-state index is 11.7. The first-order valence-corrected chi connectivity index (χ1v) is 5.95. The number of carbonyl (C=O) groups is 2. The summed E-state index contributed by atoms with van der Waals surface area (Å²) in [5, 5.41) is 20.2. The quantitative estimate of drug-likeness (QED) is 0.695. The molecule has 4 N–H and O–H groups in total. The highest BCUT2D eigenvalue weighted by atomic mass is 79.9. The third kappa shape index (κ3) is 3.32. The lowest BCUT2D eigenvalue weighted by molar-refractivity contribution is 0.0697. The average Bonchev–Trinajstić information content (AvgIpc) is 2.84. The highest BCUT2D eigenvalue weighted by molar-refractivity contribution is 9.10. The van der Waals surface area contributed by atoms with E-state index in [-0.39, 0.29) is 5.56 Å². The number of amides is 2. The van der Waals surface area contributed by atoms with Gasteiger partial charge in [-0.3, -0.25) is 5.10 Å². The highest BCUT2D eigenvalue weighted by Gasteiger charge is 2.10. The molecule has 0 radical (unpaired) electrons. The van der Waals surface area contributed by atoms with Gasteiger partial charge in [0.05, 0.1) is 23.1 Å². The summed E-state index contributed by atoms with van der Waals surface area (Å²) in [6, 6.07) is 3.86. The molecule has 2 amide bonds. The molecule has 0 saturated carbocycles. The highest BCUT2D eigenvalue weighted by Crippen LogP contribution is 2.23. The average molecular weight is 325 g/mol. The smallest absolute Gasteiger partial charge is 0.335 e. The Kier molecular flexibility index (Phi) is 3.81. The zero-order valence-electron chi connectivity index (χ0n) is 9.48. The van der Waals surface area contributed by atoms with Crippen molar-refractivity contribution < 1.29 is 14.7 Å². The summed E-state index contributed by atoms with van der Waals surface area (Å²) < 4.78 is 0.583. The van der Waals surface area contributed by atoms with Gasteiger partial charge in [-0.2, -0.15) is 5.10 Å². The second kappa shape index (κ2) is 5.53. The number of anilines is 2. The van der Waals surface area contributed by atoms with Crippen molar-refractivity contribution in [2.24, 2.45) is 0 Å². The number of carboxylic acid groups (broad SMARTS) is 1. The Morgan fingerprint density at radius 1 is 1.32 bits per heavy atom. The fourth-order valence-electron chi connectivity index (χ4n) is 1.36. The molecule has 2 aromatic rings. The van der Waals surface area contributed by atoms with E-state index in [1.54, 1.807) is 6.07 Å². The molecule has 98 valence electrons. The molecule has 0 aliphatic carbocycles. The first-order valence-electron chi connectivity index (χ1n) is 5.16. The largest absolute Gasteiger partial charge is 0.478 e. The zero-order valence-corrected chi connectivity index (χ0v) is 11.1. The van der Waals surface area contributed by atoms with Gasteiger partial charge in [0.15, 0.2) is 0 Å². The maximum atomic E-state index is 11.7. The van der Waals surface area contributed by atoms with Crippen molar-refractivity contribution in [3.8, 4) is 0 Å². The number of aromatic carboxylic acids is 1. The summed E-state index contributed by atoms with van der Waals surface area (Å²) in [5.41, 5.74) is 0.950. The third-order valence-corrected chi connectivity index (χ3v) is 2.91. The normalized spacial score (nSPS) is 9.95. The van der Waals surface area contributed by atoms with Crippen molar-refractivity contribution >= 4 is 39.3 Å². The van der Waals surface area contributed by atoms with E-state index in [1.165, 1.54) is 24.5 Å². The lowest BCUT2D eigenvalue weighted by Crippen LogP contribution is -2.19. The zero-order chi connectivity index (χ0) is 13.8. The number of carbonyl (C=O) groups excluding carboxylic acids is 1. The van der Waals surface area contributed by atoms with Gasteiger partial charge in [-0.05, 0) is 34.1 Å². The van der Waals surface area contributed by atoms with Crippen molar-refractivity contribution in [2.45, 2.75) is 0 Å². The number of rotatable bonds is 3. The Balaban J connectivity index is 2.11. The fraction of sp³-hybridized carbons (Fsp3) is 0. The van der Waals surface area contributed by atoms with Gasteiger partial charge >= 0.3 is 12.0 Å². The predicted molar refractivity (Wildman–Crippen MR) is 72.3 cm³/mol. The van der Waals surface area contributed by atoms with Crippen LogP contribution in [0.1, 0.15) is 10.4 Å². The van der Waals surface area contributed by atoms with Gasteiger partial charge in [0, 0.05) is 10.7 Å². The van der Waals surface area contributed by atoms with Gasteiger partial charge in [-0.15, -0.1) is 0 Å². The van der Waals surface area contributed by atoms with Crippen molar-refractivity contribution in [1.29, 1.82) is 0 Å². The predicted octanol–water partition coefficient (Wildman–Crippen LogP) is 2.51. The van der Waals surface area contributed by atoms with Crippen LogP contribution in [0.15, 0.2) is 35.1 Å². The minimum absolute atomic E-state index is 0.0850. The molecule has 0 saturated heterocycles. The molecule has 0 spiro atoms. The molecular formula is C11H9BrN4O3. The number of hydrogen-bond acceptors (Lipinski definition) is 3. The monoisotopic (exact) mass is 324 g/mol. The van der Waals surface area contributed by atoms with Crippen LogP contribution in [-0.4, -0.2) is 27.3 Å². The van der Waals surface area contributed by atoms with Crippen LogP contribution < -0.4 is 10.6 Å². The van der Waals surface area contributed by atoms with Gasteiger partial charge in [0.2, 0.25) is 0 Å². The number of halogens is 1. The van der Waals surface area contributed by atoms with E-state index in [4.69, 9.17) is 5.11 Å². The molecule has 1 heterocycles. The van der Waals surface area contributed by atoms with Gasteiger partial charge in [0.25, 0.3) is 0 Å². The standard InChI is InChI=1S/C11H9BrN4O3/c12-8-2-1-6(10(17)18)3-9(8)16-11(19)15-7-4-13-14-5-7/h1-5H,(H,13,14)(H,17,18)(H2,15,16,19). The van der Waals surface area contributed by atoms with Crippen LogP contribution in [0.4, 0.5) is 16.2 Å². The summed E-state index contributed by atoms with van der Waals surface area (Å²) in [6.45, 7) is 0. The Hall–Kier alpha value is -2.35. The lowest BCUT2D eigenvalue weighted by atomic mass is 10.2. The number of urea groups is 1. The van der Waals surface area contributed by atoms with E-state index in [2.05, 4.69) is 36.8 Å². The van der Waals surface area contributed by atoms with Gasteiger partial charge < -0.3 is 15.7 Å². The van der Waals surface area contributed by atoms with E-state index in [0.29, 0.717) is 15.8 Å². The Morgan fingerprint density at radius 3 is 2.74 bits per heavy atom. The minimum atomic E-state index is -1.06. The number of aromatic amines is 1. The van der Waals surface area contributed by atoms with E-state index >= 15 is 0 Å². The van der Waals surface area contributed by atoms with Crippen molar-refractivity contribution in [2.75, 3.05) is 10.6 Å². The lowest BCUT2D eigenvalue weighted by Gasteiger charge is -2.08. The molecule has 0 atom stereocenters. The molecule has 0 aliphatic heterocycles. The molecule has 0 unspecified atom stereocenters. The van der Waals surface area contributed by atoms with Gasteiger partial charge in [-0.25, -0.2) is 9.59 Å². The first-order chi connectivity index (χ1) is 9.06. The number of nitrogens with one attached hydrogen (secondary N) is 3. The van der Waals surface area contributed by atoms with Crippen molar-refractivity contribution in [1.82, 2.24) is 10.2 Å². The molecule has 7 nitrogen and oxygen atoms in total. The van der Waals surface area contributed by atoms with Crippen LogP contribution in [0.3, 0.4) is 0 Å². The van der Waals surface area contributed by atoms with Crippen LogP contribution in [0.2, 0.25) is 0 Å². The van der Waals surface area contributed by atoms with Crippen LogP contribution in [0.5, 0.6) is 0 Å². The molecule has 2 rings (SSSR count). The number of hydrogen-bond donors (Lipinski definition) is 4. The minimum Gasteiger partial charge on any atom is -0.478 e. The number of aromatic nitrogens is 2. The van der Waals surface area contributed by atoms with E-state index in [1.807, 2.05) is 0 Å². The fourth-order valence-corrected chi connectivity index (χ4v) is 1.70. The Labute approximate surface area is 116 Å². The Morgan fingerprint density at radius 2 is 2.11 bits per heavy atom. The summed E-state index contributed by atoms with van der Waals surface area (Å²) in [4.78, 5) is 22.5. The Bertz CT molecular complexity index is 612. The molecule has 0 aliphatic rings. The second-order valence-electron chi connectivity index (χ2n) is 3.57. The summed E-state index contributed by atoms with van der Waals surface area (Å²) in [7, 11) is 0. The third-order valence-electron chi connectivity index (χ3n) is 2.22. The van der Waals surface area contributed by atoms with E-state index < -0.39 is 12.0 Å². The summed E-state index contributed by atoms with van der Waals surface area (Å²) in [6.07, 6.45) is 2.96. The van der Waals surface area contributed by atoms with E-state index in [0.717, 1.165) is 0 Å². The van der Waals surface area contributed by atoms with Crippen LogP contribution in [0, 0.1) is 0 Å². The molecule has 19 heavy (non-hydrogen) atoms. The number of nitrogens with zero attached hydrogens (tertiary/aromatic N) is 1. The molecule has 8 heteroatoms. The summed E-state index contributed by atoms with van der Waals surface area (Å²) in [5.74, 6) is -1.06. The molecule has 0 bridgehead atoms. The molecular weight excluding hydrogens is 316 g/mol. The number of carboxylic acids is 1. The first kappa shape index (κ1) is 13.1. The number of benzene rings is 1. The number of H-pyrrole nitrogens is 1. The van der Waals surface area contributed by atoms with Crippen molar-refractivity contribution in [3.63, 3.8) is 0 Å². The van der Waals surface area contributed by atoms with Gasteiger partial charge in [-0.1, -0.05) is 0 Å².